The van der Waals surface area contributed by atoms with Gasteiger partial charge in [0.1, 0.15) is 0 Å². The molecule has 0 aliphatic carbocycles. The Morgan fingerprint density at radius 1 is 1.39 bits per heavy atom. The Labute approximate surface area is 105 Å². The Balaban J connectivity index is 2.14. The van der Waals surface area contributed by atoms with E-state index in [4.69, 9.17) is 0 Å². The number of aromatic amines is 1. The lowest BCUT2D eigenvalue weighted by atomic mass is 10.00. The maximum Gasteiger partial charge on any atom is 0.293 e. The summed E-state index contributed by atoms with van der Waals surface area (Å²) >= 11 is 0. The molecule has 18 heavy (non-hydrogen) atoms. The van der Waals surface area contributed by atoms with E-state index in [-0.39, 0.29) is 17.8 Å². The minimum atomic E-state index is -0.336. The molecule has 6 heteroatoms. The number of carbonyl (C=O) groups is 1. The van der Waals surface area contributed by atoms with E-state index in [9.17, 15) is 4.79 Å². The van der Waals surface area contributed by atoms with Gasteiger partial charge in [-0.05, 0) is 37.1 Å². The number of benzene rings is 1. The van der Waals surface area contributed by atoms with E-state index in [0.717, 1.165) is 16.7 Å². The fraction of sp³-hybridized carbons (Fsp3) is 0.333. The van der Waals surface area contributed by atoms with Crippen LogP contribution in [0.25, 0.3) is 0 Å². The molecule has 1 heterocycles. The number of H-pyrrole nitrogens is 1. The predicted molar refractivity (Wildman–Crippen MR) is 66.0 cm³/mol. The Kier molecular flexibility index (Phi) is 3.36. The summed E-state index contributed by atoms with van der Waals surface area (Å²) in [6.07, 6.45) is 0. The van der Waals surface area contributed by atoms with E-state index in [1.165, 1.54) is 0 Å². The van der Waals surface area contributed by atoms with Crippen LogP contribution in [0.2, 0.25) is 0 Å². The van der Waals surface area contributed by atoms with Crippen molar-refractivity contribution >= 4 is 5.91 Å². The maximum atomic E-state index is 11.8. The standard InChI is InChI=1S/C12H15N5O/c1-7-4-5-8(2)10(6-7)9(3)13-12(18)11-14-16-17-15-11/h4-6,9H,1-3H3,(H,13,18)(H,14,15,16,17). The van der Waals surface area contributed by atoms with Crippen LogP contribution in [0.4, 0.5) is 0 Å². The highest BCUT2D eigenvalue weighted by molar-refractivity contribution is 5.90. The number of hydrogen-bond donors (Lipinski definition) is 2. The Bertz CT molecular complexity index is 550. The SMILES string of the molecule is Cc1ccc(C)c(C(C)NC(=O)c2nn[nH]n2)c1. The number of aryl methyl sites for hydroxylation is 2. The monoisotopic (exact) mass is 245 g/mol. The molecule has 0 radical (unpaired) electrons. The molecular weight excluding hydrogens is 230 g/mol. The van der Waals surface area contributed by atoms with Gasteiger partial charge in [-0.15, -0.1) is 10.2 Å². The van der Waals surface area contributed by atoms with Crippen LogP contribution in [-0.2, 0) is 0 Å². The van der Waals surface area contributed by atoms with Gasteiger partial charge in [0.2, 0.25) is 0 Å². The largest absolute Gasteiger partial charge is 0.343 e. The number of aromatic nitrogens is 4. The molecule has 1 amide bonds. The third kappa shape index (κ3) is 2.53. The van der Waals surface area contributed by atoms with Crippen LogP contribution in [0.15, 0.2) is 18.2 Å². The number of hydrogen-bond acceptors (Lipinski definition) is 4. The first-order valence-corrected chi connectivity index (χ1v) is 5.69. The molecule has 2 N–H and O–H groups in total. The number of rotatable bonds is 3. The molecule has 1 aromatic heterocycles. The number of nitrogens with one attached hydrogen (secondary N) is 2. The van der Waals surface area contributed by atoms with Crippen LogP contribution in [0.5, 0.6) is 0 Å². The first-order valence-electron chi connectivity index (χ1n) is 5.69. The van der Waals surface area contributed by atoms with Crippen LogP contribution in [0.3, 0.4) is 0 Å². The summed E-state index contributed by atoms with van der Waals surface area (Å²) in [5.74, 6) is -0.288. The molecule has 0 saturated heterocycles. The Morgan fingerprint density at radius 3 is 2.83 bits per heavy atom. The highest BCUT2D eigenvalue weighted by atomic mass is 16.2. The maximum absolute atomic E-state index is 11.8. The fourth-order valence-corrected chi connectivity index (χ4v) is 1.82. The second-order valence-electron chi connectivity index (χ2n) is 4.29. The molecule has 1 unspecified atom stereocenters. The molecule has 0 saturated carbocycles. The minimum absolute atomic E-state index is 0.0483. The van der Waals surface area contributed by atoms with Gasteiger partial charge in [-0.2, -0.15) is 5.21 Å². The van der Waals surface area contributed by atoms with Crippen LogP contribution >= 0.6 is 0 Å². The van der Waals surface area contributed by atoms with Crippen molar-refractivity contribution in [2.45, 2.75) is 26.8 Å². The summed E-state index contributed by atoms with van der Waals surface area (Å²) in [4.78, 5) is 11.8. The zero-order valence-corrected chi connectivity index (χ0v) is 10.6. The molecule has 0 spiro atoms. The quantitative estimate of drug-likeness (QED) is 0.854. The lowest BCUT2D eigenvalue weighted by molar-refractivity contribution is 0.0929. The summed E-state index contributed by atoms with van der Waals surface area (Å²) in [5, 5.41) is 15.7. The number of carbonyl (C=O) groups excluding carboxylic acids is 1. The molecule has 0 bridgehead atoms. The van der Waals surface area contributed by atoms with Gasteiger partial charge in [-0.3, -0.25) is 4.79 Å². The summed E-state index contributed by atoms with van der Waals surface area (Å²) in [6.45, 7) is 5.97. The summed E-state index contributed by atoms with van der Waals surface area (Å²) < 4.78 is 0. The number of nitrogens with zero attached hydrogens (tertiary/aromatic N) is 3. The average molecular weight is 245 g/mol. The zero-order chi connectivity index (χ0) is 13.1. The van der Waals surface area contributed by atoms with Crippen molar-refractivity contribution < 1.29 is 4.79 Å². The van der Waals surface area contributed by atoms with Crippen molar-refractivity contribution in [1.82, 2.24) is 25.9 Å². The van der Waals surface area contributed by atoms with Gasteiger partial charge in [0.05, 0.1) is 6.04 Å². The third-order valence-electron chi connectivity index (χ3n) is 2.80. The van der Waals surface area contributed by atoms with Crippen molar-refractivity contribution in [3.05, 3.63) is 40.7 Å². The Morgan fingerprint density at radius 2 is 2.17 bits per heavy atom. The Hall–Kier alpha value is -2.24. The van der Waals surface area contributed by atoms with E-state index in [1.807, 2.05) is 32.9 Å². The van der Waals surface area contributed by atoms with Crippen molar-refractivity contribution in [1.29, 1.82) is 0 Å². The number of tetrazole rings is 1. The van der Waals surface area contributed by atoms with E-state index in [1.54, 1.807) is 0 Å². The minimum Gasteiger partial charge on any atom is -0.343 e. The second kappa shape index (κ2) is 4.95. The third-order valence-corrected chi connectivity index (χ3v) is 2.80. The highest BCUT2D eigenvalue weighted by Crippen LogP contribution is 2.18. The highest BCUT2D eigenvalue weighted by Gasteiger charge is 2.16. The van der Waals surface area contributed by atoms with Crippen molar-refractivity contribution in [3.63, 3.8) is 0 Å². The number of amides is 1. The van der Waals surface area contributed by atoms with E-state index < -0.39 is 0 Å². The van der Waals surface area contributed by atoms with Crippen molar-refractivity contribution in [2.75, 3.05) is 0 Å². The summed E-state index contributed by atoms with van der Waals surface area (Å²) in [5.41, 5.74) is 3.39. The smallest absolute Gasteiger partial charge is 0.293 e. The van der Waals surface area contributed by atoms with Crippen LogP contribution in [-0.4, -0.2) is 26.5 Å². The van der Waals surface area contributed by atoms with Crippen molar-refractivity contribution in [3.8, 4) is 0 Å². The molecule has 6 nitrogen and oxygen atoms in total. The average Bonchev–Trinajstić information content (AvgIpc) is 2.85. The molecule has 0 fully saturated rings. The molecular formula is C12H15N5O. The lowest BCUT2D eigenvalue weighted by Gasteiger charge is -2.16. The second-order valence-corrected chi connectivity index (χ2v) is 4.29. The van der Waals surface area contributed by atoms with Crippen LogP contribution in [0, 0.1) is 13.8 Å². The van der Waals surface area contributed by atoms with Gasteiger partial charge in [0, 0.05) is 0 Å². The molecule has 1 aromatic carbocycles. The van der Waals surface area contributed by atoms with Gasteiger partial charge in [-0.1, -0.05) is 23.8 Å². The van der Waals surface area contributed by atoms with Gasteiger partial charge in [0.25, 0.3) is 11.7 Å². The topological polar surface area (TPSA) is 83.6 Å². The van der Waals surface area contributed by atoms with E-state index in [2.05, 4.69) is 32.0 Å². The van der Waals surface area contributed by atoms with Gasteiger partial charge in [-0.25, -0.2) is 0 Å². The molecule has 2 aromatic rings. The molecule has 1 atom stereocenters. The van der Waals surface area contributed by atoms with Crippen molar-refractivity contribution in [2.24, 2.45) is 0 Å². The predicted octanol–water partition coefficient (Wildman–Crippen LogP) is 1.31. The van der Waals surface area contributed by atoms with Crippen LogP contribution in [0.1, 0.15) is 40.3 Å². The first-order chi connectivity index (χ1) is 8.58. The van der Waals surface area contributed by atoms with Gasteiger partial charge < -0.3 is 5.32 Å². The lowest BCUT2D eigenvalue weighted by Crippen LogP contribution is -2.28. The van der Waals surface area contributed by atoms with Crippen LogP contribution < -0.4 is 5.32 Å². The van der Waals surface area contributed by atoms with Gasteiger partial charge in [0.15, 0.2) is 0 Å². The zero-order valence-electron chi connectivity index (χ0n) is 10.6. The van der Waals surface area contributed by atoms with E-state index >= 15 is 0 Å². The molecule has 2 rings (SSSR count). The first kappa shape index (κ1) is 12.2. The van der Waals surface area contributed by atoms with Gasteiger partial charge >= 0.3 is 0 Å². The normalized spacial score (nSPS) is 12.2. The summed E-state index contributed by atoms with van der Waals surface area (Å²) in [7, 11) is 0. The fourth-order valence-electron chi connectivity index (χ4n) is 1.82. The molecule has 0 aliphatic heterocycles. The molecule has 94 valence electrons. The van der Waals surface area contributed by atoms with E-state index in [0.29, 0.717) is 0 Å². The summed E-state index contributed by atoms with van der Waals surface area (Å²) in [6, 6.07) is 6.06. The molecule has 0 aliphatic rings.